The molecule has 3 aliphatic rings. The van der Waals surface area contributed by atoms with Crippen LogP contribution in [0.1, 0.15) is 32.1 Å². The van der Waals surface area contributed by atoms with Crippen molar-refractivity contribution in [1.82, 2.24) is 15.1 Å². The molecule has 1 atom stereocenters. The summed E-state index contributed by atoms with van der Waals surface area (Å²) in [6, 6.07) is 0. The van der Waals surface area contributed by atoms with Gasteiger partial charge in [0.1, 0.15) is 5.51 Å². The molecule has 0 unspecified atom stereocenters. The molecule has 2 saturated heterocycles. The average molecular weight is 292 g/mol. The third-order valence-corrected chi connectivity index (χ3v) is 5.71. The third kappa shape index (κ3) is 2.20. The van der Waals surface area contributed by atoms with Gasteiger partial charge in [-0.3, -0.25) is 4.79 Å². The number of likely N-dealkylation sites (tertiary alicyclic amines) is 1. The molecule has 1 aromatic heterocycles. The average Bonchev–Trinajstić information content (AvgIpc) is 3.01. The maximum absolute atomic E-state index is 12.2. The molecule has 1 spiro atoms. The van der Waals surface area contributed by atoms with Crippen molar-refractivity contribution in [3.8, 4) is 0 Å². The van der Waals surface area contributed by atoms with Crippen molar-refractivity contribution >= 4 is 22.4 Å². The van der Waals surface area contributed by atoms with Gasteiger partial charge < -0.3 is 9.80 Å². The SMILES string of the molecule is O=C(C1CC1)N1CC[C@@]2(CCCN(c3nncs3)C2)C1. The Balaban J connectivity index is 1.46. The van der Waals surface area contributed by atoms with Crippen LogP contribution in [0.4, 0.5) is 5.13 Å². The molecule has 0 aromatic carbocycles. The van der Waals surface area contributed by atoms with Crippen LogP contribution in [0.15, 0.2) is 5.51 Å². The Kier molecular flexibility index (Phi) is 2.94. The third-order valence-electron chi connectivity index (χ3n) is 4.96. The Bertz CT molecular complexity index is 501. The number of hydrogen-bond donors (Lipinski definition) is 0. The van der Waals surface area contributed by atoms with Crippen LogP contribution in [0.25, 0.3) is 0 Å². The van der Waals surface area contributed by atoms with Crippen LogP contribution in [0.2, 0.25) is 0 Å². The van der Waals surface area contributed by atoms with E-state index < -0.39 is 0 Å². The van der Waals surface area contributed by atoms with Gasteiger partial charge in [-0.05, 0) is 32.1 Å². The van der Waals surface area contributed by atoms with Crippen LogP contribution in [-0.4, -0.2) is 47.2 Å². The first-order valence-electron chi connectivity index (χ1n) is 7.56. The second-order valence-corrected chi connectivity index (χ2v) is 7.34. The van der Waals surface area contributed by atoms with Gasteiger partial charge in [-0.15, -0.1) is 10.2 Å². The van der Waals surface area contributed by atoms with Crippen molar-refractivity contribution in [2.75, 3.05) is 31.1 Å². The van der Waals surface area contributed by atoms with E-state index in [0.717, 1.165) is 50.6 Å². The van der Waals surface area contributed by atoms with Crippen LogP contribution in [0.3, 0.4) is 0 Å². The van der Waals surface area contributed by atoms with Crippen LogP contribution >= 0.6 is 11.3 Å². The molecule has 2 aliphatic heterocycles. The lowest BCUT2D eigenvalue weighted by molar-refractivity contribution is -0.131. The minimum absolute atomic E-state index is 0.300. The van der Waals surface area contributed by atoms with E-state index in [0.29, 0.717) is 17.2 Å². The molecule has 3 fully saturated rings. The van der Waals surface area contributed by atoms with Crippen molar-refractivity contribution in [2.24, 2.45) is 11.3 Å². The zero-order valence-electron chi connectivity index (χ0n) is 11.6. The van der Waals surface area contributed by atoms with Gasteiger partial charge in [0.2, 0.25) is 11.0 Å². The molecule has 0 bridgehead atoms. The number of rotatable bonds is 2. The summed E-state index contributed by atoms with van der Waals surface area (Å²) >= 11 is 1.62. The number of amides is 1. The van der Waals surface area contributed by atoms with E-state index >= 15 is 0 Å². The Morgan fingerprint density at radius 1 is 1.30 bits per heavy atom. The molecule has 6 heteroatoms. The summed E-state index contributed by atoms with van der Waals surface area (Å²) in [6.07, 6.45) is 5.82. The highest BCUT2D eigenvalue weighted by Gasteiger charge is 2.45. The Hall–Kier alpha value is -1.17. The smallest absolute Gasteiger partial charge is 0.225 e. The van der Waals surface area contributed by atoms with Crippen LogP contribution < -0.4 is 4.90 Å². The molecular weight excluding hydrogens is 272 g/mol. The van der Waals surface area contributed by atoms with Crippen LogP contribution in [0.5, 0.6) is 0 Å². The first-order valence-corrected chi connectivity index (χ1v) is 8.44. The summed E-state index contributed by atoms with van der Waals surface area (Å²) < 4.78 is 0. The normalized spacial score (nSPS) is 30.2. The maximum atomic E-state index is 12.2. The standard InChI is InChI=1S/C14H20N4OS/c19-12(11-2-3-11)17-7-5-14(8-17)4-1-6-18(9-14)13-16-15-10-20-13/h10-11H,1-9H2/t14-/m0/s1. The predicted octanol–water partition coefficient (Wildman–Crippen LogP) is 1.77. The van der Waals surface area contributed by atoms with Gasteiger partial charge in [0.05, 0.1) is 0 Å². The molecule has 1 saturated carbocycles. The monoisotopic (exact) mass is 292 g/mol. The minimum atomic E-state index is 0.300. The fourth-order valence-corrected chi connectivity index (χ4v) is 4.31. The van der Waals surface area contributed by atoms with Gasteiger partial charge in [0.15, 0.2) is 0 Å². The number of carbonyl (C=O) groups is 1. The predicted molar refractivity (Wildman–Crippen MR) is 77.7 cm³/mol. The fourth-order valence-electron chi connectivity index (χ4n) is 3.72. The fraction of sp³-hybridized carbons (Fsp3) is 0.786. The number of piperidine rings is 1. The van der Waals surface area contributed by atoms with E-state index in [9.17, 15) is 4.79 Å². The lowest BCUT2D eigenvalue weighted by atomic mass is 9.79. The van der Waals surface area contributed by atoms with Gasteiger partial charge in [-0.1, -0.05) is 11.3 Å². The van der Waals surface area contributed by atoms with E-state index in [1.54, 1.807) is 16.8 Å². The molecule has 20 heavy (non-hydrogen) atoms. The van der Waals surface area contributed by atoms with Gasteiger partial charge in [-0.25, -0.2) is 0 Å². The van der Waals surface area contributed by atoms with Crippen molar-refractivity contribution < 1.29 is 4.79 Å². The highest BCUT2D eigenvalue weighted by Crippen LogP contribution is 2.42. The number of anilines is 1. The van der Waals surface area contributed by atoms with Gasteiger partial charge in [0, 0.05) is 37.5 Å². The van der Waals surface area contributed by atoms with Crippen molar-refractivity contribution in [3.05, 3.63) is 5.51 Å². The highest BCUT2D eigenvalue weighted by atomic mass is 32.1. The largest absolute Gasteiger partial charge is 0.346 e. The summed E-state index contributed by atoms with van der Waals surface area (Å²) in [4.78, 5) is 16.7. The molecule has 3 heterocycles. The molecule has 108 valence electrons. The number of carbonyl (C=O) groups excluding carboxylic acids is 1. The van der Waals surface area contributed by atoms with Crippen molar-refractivity contribution in [3.63, 3.8) is 0 Å². The van der Waals surface area contributed by atoms with Crippen LogP contribution in [0, 0.1) is 11.3 Å². The highest BCUT2D eigenvalue weighted by molar-refractivity contribution is 7.13. The first-order chi connectivity index (χ1) is 9.76. The number of aromatic nitrogens is 2. The maximum Gasteiger partial charge on any atom is 0.225 e. The lowest BCUT2D eigenvalue weighted by Gasteiger charge is -2.40. The molecule has 5 nitrogen and oxygen atoms in total. The number of nitrogens with zero attached hydrogens (tertiary/aromatic N) is 4. The van der Waals surface area contributed by atoms with E-state index in [2.05, 4.69) is 20.0 Å². The molecular formula is C14H20N4OS. The quantitative estimate of drug-likeness (QED) is 0.833. The van der Waals surface area contributed by atoms with Crippen molar-refractivity contribution in [2.45, 2.75) is 32.1 Å². The Labute approximate surface area is 123 Å². The zero-order valence-corrected chi connectivity index (χ0v) is 12.4. The van der Waals surface area contributed by atoms with E-state index in [-0.39, 0.29) is 0 Å². The van der Waals surface area contributed by atoms with Crippen LogP contribution in [-0.2, 0) is 4.79 Å². The van der Waals surface area contributed by atoms with Gasteiger partial charge in [-0.2, -0.15) is 0 Å². The second-order valence-electron chi connectivity index (χ2n) is 6.53. The summed E-state index contributed by atoms with van der Waals surface area (Å²) in [5.74, 6) is 0.767. The van der Waals surface area contributed by atoms with E-state index in [4.69, 9.17) is 0 Å². The topological polar surface area (TPSA) is 49.3 Å². The van der Waals surface area contributed by atoms with E-state index in [1.165, 1.54) is 12.8 Å². The van der Waals surface area contributed by atoms with E-state index in [1.807, 2.05) is 0 Å². The summed E-state index contributed by atoms with van der Waals surface area (Å²) in [7, 11) is 0. The summed E-state index contributed by atoms with van der Waals surface area (Å²) in [5.41, 5.74) is 2.10. The lowest BCUT2D eigenvalue weighted by Crippen LogP contribution is -2.45. The van der Waals surface area contributed by atoms with Gasteiger partial charge >= 0.3 is 0 Å². The Morgan fingerprint density at radius 3 is 2.95 bits per heavy atom. The molecule has 1 amide bonds. The first kappa shape index (κ1) is 12.6. The minimum Gasteiger partial charge on any atom is -0.346 e. The molecule has 0 N–H and O–H groups in total. The second kappa shape index (κ2) is 4.69. The summed E-state index contributed by atoms with van der Waals surface area (Å²) in [5, 5.41) is 9.19. The molecule has 4 rings (SSSR count). The molecule has 0 radical (unpaired) electrons. The zero-order chi connectivity index (χ0) is 13.6. The molecule has 1 aromatic rings. The van der Waals surface area contributed by atoms with Gasteiger partial charge in [0.25, 0.3) is 0 Å². The van der Waals surface area contributed by atoms with Crippen molar-refractivity contribution in [1.29, 1.82) is 0 Å². The Morgan fingerprint density at radius 2 is 2.20 bits per heavy atom. The molecule has 1 aliphatic carbocycles. The number of hydrogen-bond acceptors (Lipinski definition) is 5. The summed E-state index contributed by atoms with van der Waals surface area (Å²) in [6.45, 7) is 4.03.